The van der Waals surface area contributed by atoms with E-state index in [1.165, 1.54) is 7.11 Å². The maximum Gasteiger partial charge on any atom is 0.305 e. The molecule has 1 aliphatic rings. The largest absolute Gasteiger partial charge is 0.469 e. The lowest BCUT2D eigenvalue weighted by atomic mass is 10.3. The molecule has 2 atom stereocenters. The molecule has 1 heterocycles. The van der Waals surface area contributed by atoms with Gasteiger partial charge in [-0.25, -0.2) is 8.42 Å². The third-order valence-electron chi connectivity index (χ3n) is 2.63. The van der Waals surface area contributed by atoms with Crippen LogP contribution in [0.25, 0.3) is 0 Å². The number of carbonyl (C=O) groups is 1. The molecule has 0 aromatic rings. The summed E-state index contributed by atoms with van der Waals surface area (Å²) in [6.45, 7) is -0.191. The molecule has 0 spiro atoms. The average Bonchev–Trinajstić information content (AvgIpc) is 2.59. The Bertz CT molecular complexity index is 358. The number of aliphatic hydroxyl groups excluding tert-OH is 2. The van der Waals surface area contributed by atoms with Gasteiger partial charge in [-0.2, -0.15) is 4.31 Å². The fourth-order valence-corrected chi connectivity index (χ4v) is 3.12. The molecule has 0 saturated carbocycles. The van der Waals surface area contributed by atoms with E-state index in [-0.39, 0.29) is 31.7 Å². The van der Waals surface area contributed by atoms with E-state index in [1.54, 1.807) is 0 Å². The third kappa shape index (κ3) is 3.91. The zero-order valence-corrected chi connectivity index (χ0v) is 10.4. The second-order valence-electron chi connectivity index (χ2n) is 3.95. The molecule has 7 nitrogen and oxygen atoms in total. The first kappa shape index (κ1) is 14.4. The molecule has 0 radical (unpaired) electrons. The van der Waals surface area contributed by atoms with E-state index in [0.29, 0.717) is 0 Å². The highest BCUT2D eigenvalue weighted by atomic mass is 32.2. The summed E-state index contributed by atoms with van der Waals surface area (Å²) in [6.07, 6.45) is -1.87. The van der Waals surface area contributed by atoms with Gasteiger partial charge in [-0.1, -0.05) is 0 Å². The van der Waals surface area contributed by atoms with E-state index in [0.717, 1.165) is 4.31 Å². The lowest BCUT2D eigenvalue weighted by molar-refractivity contribution is -0.140. The maximum absolute atomic E-state index is 11.7. The molecular weight excluding hydrogens is 250 g/mol. The monoisotopic (exact) mass is 267 g/mol. The molecule has 0 aromatic heterocycles. The van der Waals surface area contributed by atoms with Crippen LogP contribution in [0, 0.1) is 0 Å². The number of aliphatic hydroxyl groups is 2. The van der Waals surface area contributed by atoms with Gasteiger partial charge in [0.2, 0.25) is 10.0 Å². The number of β-amino-alcohol motifs (C(OH)–C–C–N with tert-alkyl or cyclic N) is 2. The highest BCUT2D eigenvalue weighted by molar-refractivity contribution is 7.89. The Morgan fingerprint density at radius 3 is 2.35 bits per heavy atom. The summed E-state index contributed by atoms with van der Waals surface area (Å²) < 4.78 is 28.9. The first-order chi connectivity index (χ1) is 7.86. The Morgan fingerprint density at radius 1 is 1.35 bits per heavy atom. The number of nitrogens with zero attached hydrogens (tertiary/aromatic N) is 1. The van der Waals surface area contributed by atoms with E-state index in [4.69, 9.17) is 0 Å². The Kier molecular flexibility index (Phi) is 4.87. The van der Waals surface area contributed by atoms with Gasteiger partial charge in [0.05, 0.1) is 25.1 Å². The number of sulfonamides is 1. The quantitative estimate of drug-likeness (QED) is 0.576. The molecule has 0 aliphatic carbocycles. The number of ether oxygens (including phenoxy) is 1. The van der Waals surface area contributed by atoms with Gasteiger partial charge in [-0.3, -0.25) is 4.79 Å². The predicted octanol–water partition coefficient (Wildman–Crippen LogP) is -1.69. The Hall–Kier alpha value is -0.700. The van der Waals surface area contributed by atoms with Crippen LogP contribution in [0.4, 0.5) is 0 Å². The van der Waals surface area contributed by atoms with Gasteiger partial charge in [0, 0.05) is 19.5 Å². The fraction of sp³-hybridized carbons (Fsp3) is 0.889. The van der Waals surface area contributed by atoms with Gasteiger partial charge in [0.1, 0.15) is 0 Å². The van der Waals surface area contributed by atoms with Crippen LogP contribution in [0.2, 0.25) is 0 Å². The number of carbonyl (C=O) groups excluding carboxylic acids is 1. The third-order valence-corrected chi connectivity index (χ3v) is 4.52. The molecule has 1 aliphatic heterocycles. The van der Waals surface area contributed by atoms with Gasteiger partial charge in [-0.15, -0.1) is 0 Å². The number of rotatable bonds is 5. The SMILES string of the molecule is COC(=O)CCCS(=O)(=O)N1CC(O)C(O)C1. The predicted molar refractivity (Wildman–Crippen MR) is 58.6 cm³/mol. The molecule has 1 fully saturated rings. The highest BCUT2D eigenvalue weighted by Gasteiger charge is 2.36. The number of hydrogen-bond donors (Lipinski definition) is 2. The fourth-order valence-electron chi connectivity index (χ4n) is 1.59. The number of hydrogen-bond acceptors (Lipinski definition) is 6. The van der Waals surface area contributed by atoms with Crippen LogP contribution in [0.15, 0.2) is 0 Å². The topological polar surface area (TPSA) is 104 Å². The van der Waals surface area contributed by atoms with E-state index < -0.39 is 28.2 Å². The smallest absolute Gasteiger partial charge is 0.305 e. The number of esters is 1. The van der Waals surface area contributed by atoms with Crippen molar-refractivity contribution in [3.8, 4) is 0 Å². The Morgan fingerprint density at radius 2 is 1.88 bits per heavy atom. The zero-order chi connectivity index (χ0) is 13.1. The van der Waals surface area contributed by atoms with Crippen molar-refractivity contribution < 1.29 is 28.2 Å². The van der Waals surface area contributed by atoms with E-state index in [2.05, 4.69) is 4.74 Å². The maximum atomic E-state index is 11.7. The molecule has 1 saturated heterocycles. The normalized spacial score (nSPS) is 26.1. The number of methoxy groups -OCH3 is 1. The molecule has 2 unspecified atom stereocenters. The van der Waals surface area contributed by atoms with Gasteiger partial charge < -0.3 is 14.9 Å². The average molecular weight is 267 g/mol. The Balaban J connectivity index is 2.44. The minimum Gasteiger partial charge on any atom is -0.469 e. The van der Waals surface area contributed by atoms with E-state index in [9.17, 15) is 23.4 Å². The van der Waals surface area contributed by atoms with Gasteiger partial charge in [-0.05, 0) is 6.42 Å². The van der Waals surface area contributed by atoms with Crippen molar-refractivity contribution in [3.05, 3.63) is 0 Å². The molecule has 2 N–H and O–H groups in total. The summed E-state index contributed by atoms with van der Waals surface area (Å²) in [6, 6.07) is 0. The van der Waals surface area contributed by atoms with E-state index >= 15 is 0 Å². The summed E-state index contributed by atoms with van der Waals surface area (Å²) >= 11 is 0. The van der Waals surface area contributed by atoms with Crippen molar-refractivity contribution in [2.45, 2.75) is 25.0 Å². The van der Waals surface area contributed by atoms with Crippen LogP contribution in [-0.4, -0.2) is 67.1 Å². The second kappa shape index (κ2) is 5.76. The molecule has 0 aromatic carbocycles. The summed E-state index contributed by atoms with van der Waals surface area (Å²) in [7, 11) is -2.28. The summed E-state index contributed by atoms with van der Waals surface area (Å²) in [4.78, 5) is 10.8. The van der Waals surface area contributed by atoms with Crippen molar-refractivity contribution in [2.24, 2.45) is 0 Å². The van der Waals surface area contributed by atoms with Crippen LogP contribution in [-0.2, 0) is 19.6 Å². The van der Waals surface area contributed by atoms with Crippen LogP contribution < -0.4 is 0 Å². The van der Waals surface area contributed by atoms with Crippen molar-refractivity contribution in [2.75, 3.05) is 26.0 Å². The van der Waals surface area contributed by atoms with Crippen LogP contribution >= 0.6 is 0 Å². The summed E-state index contributed by atoms with van der Waals surface area (Å²) in [5, 5.41) is 18.5. The van der Waals surface area contributed by atoms with Crippen LogP contribution in [0.1, 0.15) is 12.8 Å². The highest BCUT2D eigenvalue weighted by Crippen LogP contribution is 2.15. The minimum atomic E-state index is -3.52. The zero-order valence-electron chi connectivity index (χ0n) is 9.57. The molecule has 8 heteroatoms. The van der Waals surface area contributed by atoms with Crippen molar-refractivity contribution >= 4 is 16.0 Å². The molecule has 1 rings (SSSR count). The summed E-state index contributed by atoms with van der Waals surface area (Å²) in [5.74, 6) is -0.650. The first-order valence-corrected chi connectivity index (χ1v) is 6.88. The first-order valence-electron chi connectivity index (χ1n) is 5.27. The molecule has 100 valence electrons. The van der Waals surface area contributed by atoms with Crippen LogP contribution in [0.5, 0.6) is 0 Å². The lowest BCUT2D eigenvalue weighted by Gasteiger charge is -2.14. The van der Waals surface area contributed by atoms with Crippen LogP contribution in [0.3, 0.4) is 0 Å². The molecular formula is C9H17NO6S. The van der Waals surface area contributed by atoms with Crippen molar-refractivity contribution in [3.63, 3.8) is 0 Å². The minimum absolute atomic E-state index is 0.0364. The lowest BCUT2D eigenvalue weighted by Crippen LogP contribution is -2.32. The molecule has 0 amide bonds. The summed E-state index contributed by atoms with van der Waals surface area (Å²) in [5.41, 5.74) is 0. The second-order valence-corrected chi connectivity index (χ2v) is 6.04. The van der Waals surface area contributed by atoms with Gasteiger partial charge in [0.15, 0.2) is 0 Å². The van der Waals surface area contributed by atoms with Gasteiger partial charge in [0.25, 0.3) is 0 Å². The van der Waals surface area contributed by atoms with Crippen molar-refractivity contribution in [1.29, 1.82) is 0 Å². The molecule has 17 heavy (non-hydrogen) atoms. The standard InChI is InChI=1S/C9H17NO6S/c1-16-9(13)3-2-4-17(14,15)10-5-7(11)8(12)6-10/h7-8,11-12H,2-6H2,1H3. The van der Waals surface area contributed by atoms with Crippen molar-refractivity contribution in [1.82, 2.24) is 4.31 Å². The molecule has 0 bridgehead atoms. The Labute approximate surface area is 100 Å². The van der Waals surface area contributed by atoms with E-state index in [1.807, 2.05) is 0 Å². The van der Waals surface area contributed by atoms with Gasteiger partial charge >= 0.3 is 5.97 Å².